The molecule has 0 bridgehead atoms. The molecule has 0 spiro atoms. The van der Waals surface area contributed by atoms with Gasteiger partial charge in [-0.2, -0.15) is 0 Å². The van der Waals surface area contributed by atoms with Crippen molar-refractivity contribution in [2.75, 3.05) is 7.11 Å². The van der Waals surface area contributed by atoms with Crippen molar-refractivity contribution < 1.29 is 9.53 Å². The summed E-state index contributed by atoms with van der Waals surface area (Å²) >= 11 is 0. The molecule has 1 aromatic rings. The van der Waals surface area contributed by atoms with Crippen LogP contribution in [0.5, 0.6) is 0 Å². The zero-order valence-corrected chi connectivity index (χ0v) is 11.5. The molecule has 1 aliphatic rings. The highest BCUT2D eigenvalue weighted by atomic mass is 16.5. The fourth-order valence-corrected chi connectivity index (χ4v) is 2.54. The molecule has 0 radical (unpaired) electrons. The largest absolute Gasteiger partial charge is 0.465 e. The van der Waals surface area contributed by atoms with Crippen molar-refractivity contribution >= 4 is 5.97 Å². The molecule has 0 fully saturated rings. The number of pyridine rings is 1. The number of methoxy groups -OCH3 is 1. The highest BCUT2D eigenvalue weighted by molar-refractivity contribution is 5.89. The number of ether oxygens (including phenoxy) is 1. The molecule has 3 nitrogen and oxygen atoms in total. The van der Waals surface area contributed by atoms with Gasteiger partial charge in [-0.1, -0.05) is 13.8 Å². The molecular formula is C15H21NO2. The average Bonchev–Trinajstić information content (AvgIpc) is 2.34. The third kappa shape index (κ3) is 2.89. The summed E-state index contributed by atoms with van der Waals surface area (Å²) in [6.07, 6.45) is 7.21. The first kappa shape index (κ1) is 13.1. The van der Waals surface area contributed by atoms with E-state index in [2.05, 4.69) is 18.8 Å². The topological polar surface area (TPSA) is 39.2 Å². The van der Waals surface area contributed by atoms with Crippen LogP contribution in [0.3, 0.4) is 0 Å². The molecular weight excluding hydrogens is 226 g/mol. The number of fused-ring (bicyclic) bond motifs is 1. The fourth-order valence-electron chi connectivity index (χ4n) is 2.54. The minimum atomic E-state index is -0.299. The van der Waals surface area contributed by atoms with Crippen molar-refractivity contribution in [3.63, 3.8) is 0 Å². The Kier molecular flexibility index (Phi) is 3.69. The van der Waals surface area contributed by atoms with Crippen molar-refractivity contribution in [1.29, 1.82) is 0 Å². The lowest BCUT2D eigenvalue weighted by atomic mass is 9.79. The van der Waals surface area contributed by atoms with E-state index in [1.807, 2.05) is 6.07 Å². The molecule has 0 aromatic carbocycles. The molecule has 1 aliphatic carbocycles. The van der Waals surface area contributed by atoms with Gasteiger partial charge in [0.15, 0.2) is 0 Å². The summed E-state index contributed by atoms with van der Waals surface area (Å²) in [6.45, 7) is 4.63. The lowest BCUT2D eigenvalue weighted by molar-refractivity contribution is 0.0600. The second-order valence-corrected chi connectivity index (χ2v) is 5.84. The van der Waals surface area contributed by atoms with Gasteiger partial charge in [-0.15, -0.1) is 0 Å². The molecule has 1 aromatic heterocycles. The van der Waals surface area contributed by atoms with Crippen LogP contribution in [-0.2, 0) is 17.6 Å². The molecule has 0 saturated carbocycles. The molecule has 0 saturated heterocycles. The summed E-state index contributed by atoms with van der Waals surface area (Å²) in [5.74, 6) is -0.299. The van der Waals surface area contributed by atoms with Gasteiger partial charge >= 0.3 is 5.97 Å². The second-order valence-electron chi connectivity index (χ2n) is 5.84. The summed E-state index contributed by atoms with van der Waals surface area (Å²) < 4.78 is 4.75. The zero-order chi connectivity index (χ0) is 13.2. The van der Waals surface area contributed by atoms with E-state index in [0.717, 1.165) is 25.0 Å². The Morgan fingerprint density at radius 2 is 2.11 bits per heavy atom. The van der Waals surface area contributed by atoms with Gasteiger partial charge in [0.1, 0.15) is 0 Å². The van der Waals surface area contributed by atoms with Crippen molar-refractivity contribution in [2.24, 2.45) is 5.41 Å². The Balaban J connectivity index is 2.27. The van der Waals surface area contributed by atoms with Crippen molar-refractivity contribution in [3.05, 3.63) is 29.1 Å². The van der Waals surface area contributed by atoms with Gasteiger partial charge < -0.3 is 4.74 Å². The number of rotatable bonds is 1. The SMILES string of the molecule is COC(=O)c1cnc2c(c1)CCC(C)(C)CCC2. The Bertz CT molecular complexity index is 452. The van der Waals surface area contributed by atoms with Crippen LogP contribution in [0.4, 0.5) is 0 Å². The highest BCUT2D eigenvalue weighted by Gasteiger charge is 2.22. The van der Waals surface area contributed by atoms with Gasteiger partial charge in [-0.25, -0.2) is 4.79 Å². The lowest BCUT2D eigenvalue weighted by Crippen LogP contribution is -2.17. The maximum Gasteiger partial charge on any atom is 0.339 e. The van der Waals surface area contributed by atoms with Gasteiger partial charge in [0.2, 0.25) is 0 Å². The quantitative estimate of drug-likeness (QED) is 0.715. The zero-order valence-electron chi connectivity index (χ0n) is 11.5. The van der Waals surface area contributed by atoms with E-state index >= 15 is 0 Å². The van der Waals surface area contributed by atoms with E-state index in [-0.39, 0.29) is 5.97 Å². The number of carbonyl (C=O) groups excluding carboxylic acids is 1. The van der Waals surface area contributed by atoms with Crippen LogP contribution in [0.15, 0.2) is 12.3 Å². The number of hydrogen-bond donors (Lipinski definition) is 0. The third-order valence-corrected chi connectivity index (χ3v) is 3.82. The molecule has 0 atom stereocenters. The third-order valence-electron chi connectivity index (χ3n) is 3.82. The second kappa shape index (κ2) is 5.09. The summed E-state index contributed by atoms with van der Waals surface area (Å²) in [5.41, 5.74) is 3.32. The van der Waals surface area contributed by atoms with Gasteiger partial charge in [0, 0.05) is 11.9 Å². The molecule has 3 heteroatoms. The maximum atomic E-state index is 11.5. The van der Waals surface area contributed by atoms with Crippen LogP contribution in [0.25, 0.3) is 0 Å². The minimum Gasteiger partial charge on any atom is -0.465 e. The first-order valence-corrected chi connectivity index (χ1v) is 6.58. The van der Waals surface area contributed by atoms with Crippen LogP contribution in [-0.4, -0.2) is 18.1 Å². The number of nitrogens with zero attached hydrogens (tertiary/aromatic N) is 1. The molecule has 0 amide bonds. The summed E-state index contributed by atoms with van der Waals surface area (Å²) in [7, 11) is 1.40. The Hall–Kier alpha value is -1.38. The standard InChI is InChI=1S/C15H21NO2/c1-15(2)7-4-5-13-11(6-8-15)9-12(10-16-13)14(17)18-3/h9-10H,4-8H2,1-3H3. The van der Waals surface area contributed by atoms with E-state index < -0.39 is 0 Å². The monoisotopic (exact) mass is 247 g/mol. The van der Waals surface area contributed by atoms with Crippen LogP contribution in [0.2, 0.25) is 0 Å². The van der Waals surface area contributed by atoms with E-state index in [0.29, 0.717) is 11.0 Å². The molecule has 2 rings (SSSR count). The van der Waals surface area contributed by atoms with Crippen LogP contribution >= 0.6 is 0 Å². The summed E-state index contributed by atoms with van der Waals surface area (Å²) in [6, 6.07) is 1.95. The van der Waals surface area contributed by atoms with Crippen LogP contribution in [0, 0.1) is 5.41 Å². The Morgan fingerprint density at radius 3 is 2.83 bits per heavy atom. The average molecular weight is 247 g/mol. The number of aryl methyl sites for hydroxylation is 2. The van der Waals surface area contributed by atoms with E-state index in [4.69, 9.17) is 4.74 Å². The van der Waals surface area contributed by atoms with Crippen molar-refractivity contribution in [1.82, 2.24) is 4.98 Å². The van der Waals surface area contributed by atoms with Crippen molar-refractivity contribution in [2.45, 2.75) is 46.0 Å². The molecule has 98 valence electrons. The van der Waals surface area contributed by atoms with E-state index in [9.17, 15) is 4.79 Å². The van der Waals surface area contributed by atoms with Gasteiger partial charge in [0.25, 0.3) is 0 Å². The smallest absolute Gasteiger partial charge is 0.339 e. The molecule has 1 heterocycles. The lowest BCUT2D eigenvalue weighted by Gasteiger charge is -2.27. The first-order chi connectivity index (χ1) is 8.52. The first-order valence-electron chi connectivity index (χ1n) is 6.58. The predicted molar refractivity (Wildman–Crippen MR) is 70.6 cm³/mol. The van der Waals surface area contributed by atoms with Gasteiger partial charge in [-0.05, 0) is 49.1 Å². The molecule has 0 unspecified atom stereocenters. The summed E-state index contributed by atoms with van der Waals surface area (Å²) in [4.78, 5) is 16.0. The summed E-state index contributed by atoms with van der Waals surface area (Å²) in [5, 5.41) is 0. The van der Waals surface area contributed by atoms with Gasteiger partial charge in [0.05, 0.1) is 12.7 Å². The predicted octanol–water partition coefficient (Wildman–Crippen LogP) is 3.16. The van der Waals surface area contributed by atoms with Crippen LogP contribution < -0.4 is 0 Å². The maximum absolute atomic E-state index is 11.5. The molecule has 0 N–H and O–H groups in total. The van der Waals surface area contributed by atoms with E-state index in [1.165, 1.54) is 25.5 Å². The van der Waals surface area contributed by atoms with Crippen LogP contribution in [0.1, 0.15) is 54.7 Å². The molecule has 18 heavy (non-hydrogen) atoms. The number of esters is 1. The van der Waals surface area contributed by atoms with Crippen molar-refractivity contribution in [3.8, 4) is 0 Å². The Labute approximate surface area is 109 Å². The number of carbonyl (C=O) groups is 1. The highest BCUT2D eigenvalue weighted by Crippen LogP contribution is 2.32. The molecule has 0 aliphatic heterocycles. The normalized spacial score (nSPS) is 18.4. The fraction of sp³-hybridized carbons (Fsp3) is 0.600. The Morgan fingerprint density at radius 1 is 1.33 bits per heavy atom. The number of hydrogen-bond acceptors (Lipinski definition) is 3. The van der Waals surface area contributed by atoms with Gasteiger partial charge in [-0.3, -0.25) is 4.98 Å². The minimum absolute atomic E-state index is 0.299. The number of aromatic nitrogens is 1. The van der Waals surface area contributed by atoms with E-state index in [1.54, 1.807) is 6.20 Å².